The van der Waals surface area contributed by atoms with Gasteiger partial charge in [0.2, 0.25) is 0 Å². The van der Waals surface area contributed by atoms with Gasteiger partial charge in [0.1, 0.15) is 0 Å². The Morgan fingerprint density at radius 2 is 1.86 bits per heavy atom. The van der Waals surface area contributed by atoms with Gasteiger partial charge < -0.3 is 15.0 Å². The molecule has 0 aromatic heterocycles. The molecule has 0 amide bonds. The van der Waals surface area contributed by atoms with E-state index in [1.807, 2.05) is 0 Å². The van der Waals surface area contributed by atoms with E-state index in [1.165, 1.54) is 64.6 Å². The van der Waals surface area contributed by atoms with Gasteiger partial charge in [-0.05, 0) is 65.1 Å². The van der Waals surface area contributed by atoms with Crippen LogP contribution in [0.1, 0.15) is 51.9 Å². The Balaban J connectivity index is 0.00000161. The Morgan fingerprint density at radius 3 is 2.48 bits per heavy atom. The molecule has 0 aromatic rings. The molecule has 1 spiro atoms. The van der Waals surface area contributed by atoms with Gasteiger partial charge in [0.25, 0.3) is 0 Å². The highest BCUT2D eigenvalue weighted by Gasteiger charge is 2.57. The molecule has 1 heterocycles. The number of ether oxygens (including phenoxy) is 1. The smallest absolute Gasteiger partial charge is 0.0661 e. The molecule has 4 heteroatoms. The van der Waals surface area contributed by atoms with Crippen molar-refractivity contribution in [3.8, 4) is 0 Å². The average Bonchev–Trinajstić information content (AvgIpc) is 2.96. The quantitative estimate of drug-likeness (QED) is 0.843. The standard InChI is InChI=1S/C17H32N2O.ClH/c1-3-20-16-12-15(17(16)8-4-5-9-17)19(2)13-14-6-10-18-11-7-14;/h14-16,18H,3-13H2,1-2H3;1H. The molecule has 3 nitrogen and oxygen atoms in total. The van der Waals surface area contributed by atoms with Gasteiger partial charge in [-0.2, -0.15) is 0 Å². The molecule has 1 saturated heterocycles. The minimum atomic E-state index is 0. The highest BCUT2D eigenvalue weighted by atomic mass is 35.5. The lowest BCUT2D eigenvalue weighted by Crippen LogP contribution is -2.63. The van der Waals surface area contributed by atoms with Gasteiger partial charge in [0.15, 0.2) is 0 Å². The summed E-state index contributed by atoms with van der Waals surface area (Å²) in [6.45, 7) is 6.77. The Labute approximate surface area is 136 Å². The summed E-state index contributed by atoms with van der Waals surface area (Å²) in [5.41, 5.74) is 0.512. The Kier molecular flexibility index (Phi) is 6.37. The van der Waals surface area contributed by atoms with E-state index < -0.39 is 0 Å². The first-order valence-electron chi connectivity index (χ1n) is 8.79. The molecule has 1 N–H and O–H groups in total. The Morgan fingerprint density at radius 1 is 1.19 bits per heavy atom. The third-order valence-corrected chi connectivity index (χ3v) is 6.18. The molecular weight excluding hydrogens is 284 g/mol. The molecule has 2 atom stereocenters. The number of nitrogens with one attached hydrogen (secondary N) is 1. The van der Waals surface area contributed by atoms with Crippen LogP contribution in [0, 0.1) is 11.3 Å². The summed E-state index contributed by atoms with van der Waals surface area (Å²) in [6, 6.07) is 0.788. The molecular formula is C17H33ClN2O. The molecule has 3 fully saturated rings. The van der Waals surface area contributed by atoms with Crippen LogP contribution in [0.5, 0.6) is 0 Å². The van der Waals surface area contributed by atoms with Crippen molar-refractivity contribution in [3.63, 3.8) is 0 Å². The van der Waals surface area contributed by atoms with Crippen LogP contribution in [0.4, 0.5) is 0 Å². The van der Waals surface area contributed by atoms with Gasteiger partial charge in [-0.25, -0.2) is 0 Å². The molecule has 0 radical (unpaired) electrons. The summed E-state index contributed by atoms with van der Waals surface area (Å²) >= 11 is 0. The molecule has 2 aliphatic carbocycles. The first kappa shape index (κ1) is 17.5. The molecule has 3 aliphatic rings. The maximum Gasteiger partial charge on any atom is 0.0661 e. The zero-order valence-electron chi connectivity index (χ0n) is 13.8. The van der Waals surface area contributed by atoms with Crippen molar-refractivity contribution in [2.24, 2.45) is 11.3 Å². The second-order valence-electron chi connectivity index (χ2n) is 7.27. The van der Waals surface area contributed by atoms with Crippen LogP contribution in [0.15, 0.2) is 0 Å². The van der Waals surface area contributed by atoms with Crippen LogP contribution in [-0.2, 0) is 4.74 Å². The fourth-order valence-electron chi connectivity index (χ4n) is 5.07. The predicted molar refractivity (Wildman–Crippen MR) is 90.2 cm³/mol. The van der Waals surface area contributed by atoms with Crippen molar-refractivity contribution in [2.75, 3.05) is 33.3 Å². The molecule has 1 aliphatic heterocycles. The van der Waals surface area contributed by atoms with Gasteiger partial charge in [0, 0.05) is 24.6 Å². The van der Waals surface area contributed by atoms with Crippen LogP contribution >= 0.6 is 12.4 Å². The third kappa shape index (κ3) is 3.41. The summed E-state index contributed by atoms with van der Waals surface area (Å²) in [5.74, 6) is 0.908. The van der Waals surface area contributed by atoms with Crippen LogP contribution in [0.25, 0.3) is 0 Å². The second kappa shape index (κ2) is 7.63. The minimum Gasteiger partial charge on any atom is -0.378 e. The molecule has 124 valence electrons. The molecule has 21 heavy (non-hydrogen) atoms. The second-order valence-corrected chi connectivity index (χ2v) is 7.27. The minimum absolute atomic E-state index is 0. The van der Waals surface area contributed by atoms with E-state index in [-0.39, 0.29) is 12.4 Å². The van der Waals surface area contributed by atoms with Gasteiger partial charge >= 0.3 is 0 Å². The average molecular weight is 317 g/mol. The van der Waals surface area contributed by atoms with Crippen molar-refractivity contribution in [3.05, 3.63) is 0 Å². The molecule has 2 saturated carbocycles. The van der Waals surface area contributed by atoms with Crippen LogP contribution in [-0.4, -0.2) is 50.3 Å². The maximum absolute atomic E-state index is 6.05. The Bertz CT molecular complexity index is 314. The zero-order chi connectivity index (χ0) is 14.0. The lowest BCUT2D eigenvalue weighted by atomic mass is 9.60. The first-order chi connectivity index (χ1) is 9.76. The number of hydrogen-bond donors (Lipinski definition) is 1. The monoisotopic (exact) mass is 316 g/mol. The molecule has 0 aromatic carbocycles. The van der Waals surface area contributed by atoms with Crippen molar-refractivity contribution in [1.82, 2.24) is 10.2 Å². The van der Waals surface area contributed by atoms with E-state index in [4.69, 9.17) is 4.74 Å². The normalized spacial score (nSPS) is 32.1. The number of hydrogen-bond acceptors (Lipinski definition) is 3. The van der Waals surface area contributed by atoms with Crippen molar-refractivity contribution < 1.29 is 4.74 Å². The maximum atomic E-state index is 6.05. The van der Waals surface area contributed by atoms with E-state index in [9.17, 15) is 0 Å². The van der Waals surface area contributed by atoms with Gasteiger partial charge in [0.05, 0.1) is 6.10 Å². The van der Waals surface area contributed by atoms with Crippen LogP contribution < -0.4 is 5.32 Å². The highest BCUT2D eigenvalue weighted by Crippen LogP contribution is 2.56. The molecule has 0 bridgehead atoms. The van der Waals surface area contributed by atoms with Crippen LogP contribution in [0.3, 0.4) is 0 Å². The molecule has 2 unspecified atom stereocenters. The predicted octanol–water partition coefficient (Wildman–Crippen LogP) is 3.08. The zero-order valence-corrected chi connectivity index (χ0v) is 14.6. The summed E-state index contributed by atoms with van der Waals surface area (Å²) in [7, 11) is 2.37. The number of halogens is 1. The lowest BCUT2D eigenvalue weighted by molar-refractivity contribution is -0.162. The van der Waals surface area contributed by atoms with Crippen molar-refractivity contribution >= 4 is 12.4 Å². The summed E-state index contributed by atoms with van der Waals surface area (Å²) < 4.78 is 6.05. The van der Waals surface area contributed by atoms with Gasteiger partial charge in [-0.3, -0.25) is 0 Å². The number of nitrogens with zero attached hydrogens (tertiary/aromatic N) is 1. The molecule has 3 rings (SSSR count). The van der Waals surface area contributed by atoms with Crippen molar-refractivity contribution in [2.45, 2.75) is 64.0 Å². The summed E-state index contributed by atoms with van der Waals surface area (Å²) in [4.78, 5) is 2.69. The van der Waals surface area contributed by atoms with E-state index in [2.05, 4.69) is 24.2 Å². The third-order valence-electron chi connectivity index (χ3n) is 6.18. The van der Waals surface area contributed by atoms with E-state index in [1.54, 1.807) is 0 Å². The number of piperidine rings is 1. The van der Waals surface area contributed by atoms with E-state index >= 15 is 0 Å². The van der Waals surface area contributed by atoms with Gasteiger partial charge in [-0.15, -0.1) is 12.4 Å². The topological polar surface area (TPSA) is 24.5 Å². The fraction of sp³-hybridized carbons (Fsp3) is 1.00. The van der Waals surface area contributed by atoms with Crippen molar-refractivity contribution in [1.29, 1.82) is 0 Å². The SMILES string of the molecule is CCOC1CC(N(C)CC2CCNCC2)C12CCCC2.Cl. The number of rotatable bonds is 5. The van der Waals surface area contributed by atoms with E-state index in [0.717, 1.165) is 18.6 Å². The summed E-state index contributed by atoms with van der Waals surface area (Å²) in [5, 5.41) is 3.48. The fourth-order valence-corrected chi connectivity index (χ4v) is 5.07. The van der Waals surface area contributed by atoms with Crippen LogP contribution in [0.2, 0.25) is 0 Å². The largest absolute Gasteiger partial charge is 0.378 e. The van der Waals surface area contributed by atoms with E-state index in [0.29, 0.717) is 11.5 Å². The summed E-state index contributed by atoms with van der Waals surface area (Å²) in [6.07, 6.45) is 10.2. The Hall–Kier alpha value is 0.170. The lowest BCUT2D eigenvalue weighted by Gasteiger charge is -2.57. The first-order valence-corrected chi connectivity index (χ1v) is 8.79. The highest BCUT2D eigenvalue weighted by molar-refractivity contribution is 5.85. The van der Waals surface area contributed by atoms with Gasteiger partial charge in [-0.1, -0.05) is 12.8 Å².